The minimum absolute atomic E-state index is 0.212. The van der Waals surface area contributed by atoms with Gasteiger partial charge in [0.15, 0.2) is 0 Å². The molecule has 0 saturated heterocycles. The molecule has 5 nitrogen and oxygen atoms in total. The van der Waals surface area contributed by atoms with E-state index in [2.05, 4.69) is 12.6 Å². The van der Waals surface area contributed by atoms with Gasteiger partial charge in [-0.1, -0.05) is 18.7 Å². The number of nitriles is 1. The van der Waals surface area contributed by atoms with Gasteiger partial charge in [0.25, 0.3) is 0 Å². The van der Waals surface area contributed by atoms with Crippen LogP contribution >= 0.6 is 0 Å². The largest absolute Gasteiger partial charge is 0.416 e. The molecule has 0 spiro atoms. The van der Waals surface area contributed by atoms with Crippen LogP contribution < -0.4 is 0 Å². The molecule has 1 heterocycles. The van der Waals surface area contributed by atoms with E-state index in [1.165, 1.54) is 22.5 Å². The van der Waals surface area contributed by atoms with Gasteiger partial charge in [-0.3, -0.25) is 4.31 Å². The molecule has 160 valence electrons. The van der Waals surface area contributed by atoms with Crippen molar-refractivity contribution in [3.8, 4) is 6.07 Å². The molecule has 1 aromatic carbocycles. The Morgan fingerprint density at radius 2 is 2.00 bits per heavy atom. The van der Waals surface area contributed by atoms with Crippen LogP contribution in [0.3, 0.4) is 0 Å². The maximum Gasteiger partial charge on any atom is 0.416 e. The van der Waals surface area contributed by atoms with Gasteiger partial charge in [0, 0.05) is 18.5 Å². The van der Waals surface area contributed by atoms with Gasteiger partial charge in [-0.15, -0.1) is 0 Å². The number of halogens is 3. The lowest BCUT2D eigenvalue weighted by molar-refractivity contribution is -0.137. The Balaban J connectivity index is 2.64. The van der Waals surface area contributed by atoms with Crippen LogP contribution in [0.5, 0.6) is 0 Å². The fourth-order valence-electron chi connectivity index (χ4n) is 3.28. The van der Waals surface area contributed by atoms with Crippen molar-refractivity contribution < 1.29 is 21.6 Å². The molecule has 0 aliphatic rings. The molecule has 0 aliphatic carbocycles. The van der Waals surface area contributed by atoms with Gasteiger partial charge >= 0.3 is 6.18 Å². The lowest BCUT2D eigenvalue weighted by Gasteiger charge is -2.20. The van der Waals surface area contributed by atoms with Crippen LogP contribution in [0, 0.1) is 11.3 Å². The van der Waals surface area contributed by atoms with Gasteiger partial charge in [-0.05, 0) is 44.2 Å². The predicted molar refractivity (Wildman–Crippen MR) is 112 cm³/mol. The summed E-state index contributed by atoms with van der Waals surface area (Å²) >= 11 is 0. The van der Waals surface area contributed by atoms with E-state index in [1.54, 1.807) is 30.6 Å². The van der Waals surface area contributed by atoms with E-state index in [0.717, 1.165) is 18.4 Å². The number of fused-ring (bicyclic) bond motifs is 1. The van der Waals surface area contributed by atoms with Crippen LogP contribution in [0.15, 0.2) is 48.7 Å². The minimum atomic E-state index is -4.49. The molecular weight excluding hydrogens is 415 g/mol. The molecule has 2 aromatic rings. The Morgan fingerprint density at radius 1 is 1.33 bits per heavy atom. The zero-order valence-corrected chi connectivity index (χ0v) is 17.7. The number of nitrogens with zero attached hydrogens (tertiary/aromatic N) is 3. The molecule has 9 heteroatoms. The van der Waals surface area contributed by atoms with Crippen molar-refractivity contribution >= 4 is 27.0 Å². The number of hydrogen-bond donors (Lipinski definition) is 0. The molecule has 2 rings (SSSR count). The second-order valence-corrected chi connectivity index (χ2v) is 8.34. The molecule has 0 bridgehead atoms. The van der Waals surface area contributed by atoms with Gasteiger partial charge in [0.05, 0.1) is 34.3 Å². The molecule has 0 aliphatic heterocycles. The lowest BCUT2D eigenvalue weighted by atomic mass is 10.1. The second-order valence-electron chi connectivity index (χ2n) is 6.43. The van der Waals surface area contributed by atoms with E-state index >= 15 is 0 Å². The van der Waals surface area contributed by atoms with E-state index in [-0.39, 0.29) is 12.1 Å². The fourth-order valence-corrected chi connectivity index (χ4v) is 4.26. The molecule has 30 heavy (non-hydrogen) atoms. The van der Waals surface area contributed by atoms with Crippen LogP contribution in [-0.4, -0.2) is 30.1 Å². The standard InChI is InChI=1S/C21H22F3N3O2S/c1-5-16(27(7-3)30(4,28)29)9-8-10-19-18(14-25)17-12-11-15(21(22,23)24)13-20(17)26(19)6-2/h5,8-13H,1,6-7H2,2-4H3/b10-8+,16-9+. The summed E-state index contributed by atoms with van der Waals surface area (Å²) in [5, 5.41) is 10.0. The highest BCUT2D eigenvalue weighted by atomic mass is 32.2. The van der Waals surface area contributed by atoms with E-state index in [4.69, 9.17) is 0 Å². The highest BCUT2D eigenvalue weighted by Gasteiger charge is 2.31. The number of hydrogen-bond acceptors (Lipinski definition) is 3. The highest BCUT2D eigenvalue weighted by Crippen LogP contribution is 2.34. The molecular formula is C21H22F3N3O2S. The summed E-state index contributed by atoms with van der Waals surface area (Å²) in [5.74, 6) is 0. The van der Waals surface area contributed by atoms with Crippen molar-refractivity contribution in [3.63, 3.8) is 0 Å². The smallest absolute Gasteiger partial charge is 0.340 e. The third-order valence-electron chi connectivity index (χ3n) is 4.57. The maximum atomic E-state index is 13.1. The quantitative estimate of drug-likeness (QED) is 0.578. The summed E-state index contributed by atoms with van der Waals surface area (Å²) < 4.78 is 65.9. The van der Waals surface area contributed by atoms with Crippen molar-refractivity contribution in [2.45, 2.75) is 26.6 Å². The van der Waals surface area contributed by atoms with E-state index in [0.29, 0.717) is 28.8 Å². The van der Waals surface area contributed by atoms with Crippen LogP contribution in [0.25, 0.3) is 17.0 Å². The SMILES string of the molecule is C=C/C(=C\C=C\c1c(C#N)c2ccc(C(F)(F)F)cc2n1CC)N(CC)S(C)(=O)=O. The lowest BCUT2D eigenvalue weighted by Crippen LogP contribution is -2.28. The van der Waals surface area contributed by atoms with Gasteiger partial charge in [0.1, 0.15) is 6.07 Å². The summed E-state index contributed by atoms with van der Waals surface area (Å²) in [4.78, 5) is 0. The van der Waals surface area contributed by atoms with Gasteiger partial charge in [-0.25, -0.2) is 8.42 Å². The van der Waals surface area contributed by atoms with Crippen molar-refractivity contribution in [2.24, 2.45) is 0 Å². The van der Waals surface area contributed by atoms with Crippen molar-refractivity contribution in [3.05, 3.63) is 65.5 Å². The fraction of sp³-hybridized carbons (Fsp3) is 0.286. The average molecular weight is 437 g/mol. The number of aryl methyl sites for hydroxylation is 1. The Bertz CT molecular complexity index is 1170. The summed E-state index contributed by atoms with van der Waals surface area (Å²) in [6, 6.07) is 5.35. The predicted octanol–water partition coefficient (Wildman–Crippen LogP) is 4.92. The summed E-state index contributed by atoms with van der Waals surface area (Å²) in [5.41, 5.74) is 0.552. The van der Waals surface area contributed by atoms with Gasteiger partial charge in [-0.2, -0.15) is 18.4 Å². The average Bonchev–Trinajstić information content (AvgIpc) is 2.97. The Morgan fingerprint density at radius 3 is 2.47 bits per heavy atom. The number of benzene rings is 1. The molecule has 0 N–H and O–H groups in total. The Hall–Kier alpha value is -2.99. The van der Waals surface area contributed by atoms with Crippen LogP contribution in [0.2, 0.25) is 0 Å². The first-order valence-corrected chi connectivity index (χ1v) is 11.0. The maximum absolute atomic E-state index is 13.1. The molecule has 0 saturated carbocycles. The zero-order valence-electron chi connectivity index (χ0n) is 16.9. The van der Waals surface area contributed by atoms with Gasteiger partial charge in [0.2, 0.25) is 10.0 Å². The van der Waals surface area contributed by atoms with E-state index in [9.17, 15) is 26.9 Å². The number of alkyl halides is 3. The third kappa shape index (κ3) is 4.60. The summed E-state index contributed by atoms with van der Waals surface area (Å²) in [6.45, 7) is 7.65. The number of allylic oxidation sites excluding steroid dienone is 3. The Labute approximate surface area is 174 Å². The summed E-state index contributed by atoms with van der Waals surface area (Å²) in [6.07, 6.45) is 2.64. The number of rotatable bonds is 7. The molecule has 0 radical (unpaired) electrons. The van der Waals surface area contributed by atoms with Crippen molar-refractivity contribution in [1.82, 2.24) is 8.87 Å². The second kappa shape index (κ2) is 8.79. The highest BCUT2D eigenvalue weighted by molar-refractivity contribution is 7.88. The molecule has 0 fully saturated rings. The molecule has 1 aromatic heterocycles. The number of aromatic nitrogens is 1. The minimum Gasteiger partial charge on any atom is -0.340 e. The molecule has 0 amide bonds. The number of likely N-dealkylation sites (N-methyl/N-ethyl adjacent to an activating group) is 1. The van der Waals surface area contributed by atoms with E-state index in [1.807, 2.05) is 0 Å². The molecule has 0 unspecified atom stereocenters. The first-order valence-electron chi connectivity index (χ1n) is 9.11. The monoisotopic (exact) mass is 437 g/mol. The normalized spacial score (nSPS) is 13.0. The van der Waals surface area contributed by atoms with Gasteiger partial charge < -0.3 is 4.57 Å². The first kappa shape index (κ1) is 23.3. The topological polar surface area (TPSA) is 66.1 Å². The third-order valence-corrected chi connectivity index (χ3v) is 5.84. The van der Waals surface area contributed by atoms with E-state index < -0.39 is 21.8 Å². The van der Waals surface area contributed by atoms with Crippen LogP contribution in [-0.2, 0) is 22.7 Å². The van der Waals surface area contributed by atoms with Crippen LogP contribution in [0.4, 0.5) is 13.2 Å². The zero-order chi connectivity index (χ0) is 22.7. The molecule has 0 atom stereocenters. The van der Waals surface area contributed by atoms with Crippen molar-refractivity contribution in [2.75, 3.05) is 12.8 Å². The summed E-state index contributed by atoms with van der Waals surface area (Å²) in [7, 11) is -3.49. The van der Waals surface area contributed by atoms with Crippen LogP contribution in [0.1, 0.15) is 30.7 Å². The van der Waals surface area contributed by atoms with Crippen molar-refractivity contribution in [1.29, 1.82) is 5.26 Å². The number of sulfonamides is 1. The first-order chi connectivity index (χ1) is 14.0. The Kier molecular flexibility index (Phi) is 6.83.